The highest BCUT2D eigenvalue weighted by Crippen LogP contribution is 2.14. The summed E-state index contributed by atoms with van der Waals surface area (Å²) in [6.45, 7) is 0. The van der Waals surface area contributed by atoms with Gasteiger partial charge in [0.15, 0.2) is 0 Å². The van der Waals surface area contributed by atoms with Crippen LogP contribution >= 0.6 is 0 Å². The van der Waals surface area contributed by atoms with Gasteiger partial charge in [-0.3, -0.25) is 9.59 Å². The lowest BCUT2D eigenvalue weighted by Gasteiger charge is -2.14. The first-order valence-electron chi connectivity index (χ1n) is 5.45. The standard InChI is InChI=1S/C11H12FNO6S/c12-7-3-1-2-4-9(7)20(18,19)13-8(11(16)17)5-6-10(14)15/h1-4,8,13H,5-6H2,(H,14,15)(H,16,17). The molecule has 0 radical (unpaired) electrons. The summed E-state index contributed by atoms with van der Waals surface area (Å²) in [5, 5.41) is 17.3. The molecule has 0 saturated heterocycles. The highest BCUT2D eigenvalue weighted by Gasteiger charge is 2.27. The summed E-state index contributed by atoms with van der Waals surface area (Å²) >= 11 is 0. The zero-order valence-corrected chi connectivity index (χ0v) is 10.9. The molecular weight excluding hydrogens is 293 g/mol. The van der Waals surface area contributed by atoms with E-state index < -0.39 is 51.6 Å². The summed E-state index contributed by atoms with van der Waals surface area (Å²) in [4.78, 5) is 20.6. The van der Waals surface area contributed by atoms with E-state index in [-0.39, 0.29) is 0 Å². The molecule has 0 saturated carbocycles. The molecule has 0 aliphatic carbocycles. The predicted molar refractivity (Wildman–Crippen MR) is 65.0 cm³/mol. The Hall–Kier alpha value is -2.00. The first-order valence-corrected chi connectivity index (χ1v) is 6.94. The predicted octanol–water partition coefficient (Wildman–Crippen LogP) is 0.422. The van der Waals surface area contributed by atoms with E-state index >= 15 is 0 Å². The molecule has 20 heavy (non-hydrogen) atoms. The molecule has 0 spiro atoms. The number of carbonyl (C=O) groups is 2. The van der Waals surface area contributed by atoms with Gasteiger partial charge in [0.25, 0.3) is 0 Å². The Kier molecular flexibility index (Phi) is 5.17. The van der Waals surface area contributed by atoms with Gasteiger partial charge in [-0.25, -0.2) is 12.8 Å². The maximum atomic E-state index is 13.4. The van der Waals surface area contributed by atoms with Crippen molar-refractivity contribution in [3.05, 3.63) is 30.1 Å². The van der Waals surface area contributed by atoms with Gasteiger partial charge in [0, 0.05) is 6.42 Å². The van der Waals surface area contributed by atoms with Crippen LogP contribution in [0.5, 0.6) is 0 Å². The van der Waals surface area contributed by atoms with Crippen molar-refractivity contribution in [1.82, 2.24) is 4.72 Å². The molecule has 0 aromatic heterocycles. The van der Waals surface area contributed by atoms with Gasteiger partial charge in [-0.05, 0) is 18.6 Å². The molecule has 110 valence electrons. The van der Waals surface area contributed by atoms with Crippen LogP contribution in [0.4, 0.5) is 4.39 Å². The number of carboxylic acid groups (broad SMARTS) is 2. The van der Waals surface area contributed by atoms with E-state index in [1.807, 2.05) is 0 Å². The van der Waals surface area contributed by atoms with Crippen molar-refractivity contribution in [1.29, 1.82) is 0 Å². The van der Waals surface area contributed by atoms with Crippen LogP contribution in [0.25, 0.3) is 0 Å². The number of hydrogen-bond donors (Lipinski definition) is 3. The van der Waals surface area contributed by atoms with Crippen LogP contribution in [-0.2, 0) is 19.6 Å². The second-order valence-corrected chi connectivity index (χ2v) is 5.56. The van der Waals surface area contributed by atoms with E-state index in [0.29, 0.717) is 0 Å². The molecule has 0 heterocycles. The SMILES string of the molecule is O=C(O)CCC(NS(=O)(=O)c1ccccc1F)C(=O)O. The van der Waals surface area contributed by atoms with Gasteiger partial charge in [-0.2, -0.15) is 4.72 Å². The Morgan fingerprint density at radius 2 is 1.85 bits per heavy atom. The number of halogens is 1. The van der Waals surface area contributed by atoms with Crippen molar-refractivity contribution in [2.75, 3.05) is 0 Å². The van der Waals surface area contributed by atoms with Gasteiger partial charge >= 0.3 is 11.9 Å². The maximum Gasteiger partial charge on any atom is 0.321 e. The van der Waals surface area contributed by atoms with Crippen molar-refractivity contribution in [2.24, 2.45) is 0 Å². The van der Waals surface area contributed by atoms with E-state index in [1.54, 1.807) is 4.72 Å². The third-order valence-electron chi connectivity index (χ3n) is 2.37. The monoisotopic (exact) mass is 305 g/mol. The first kappa shape index (κ1) is 16.1. The minimum atomic E-state index is -4.38. The molecule has 3 N–H and O–H groups in total. The topological polar surface area (TPSA) is 121 Å². The van der Waals surface area contributed by atoms with Crippen LogP contribution in [0.1, 0.15) is 12.8 Å². The largest absolute Gasteiger partial charge is 0.481 e. The van der Waals surface area contributed by atoms with E-state index in [1.165, 1.54) is 12.1 Å². The highest BCUT2D eigenvalue weighted by molar-refractivity contribution is 7.89. The number of benzene rings is 1. The van der Waals surface area contributed by atoms with Crippen molar-refractivity contribution >= 4 is 22.0 Å². The number of nitrogens with one attached hydrogen (secondary N) is 1. The van der Waals surface area contributed by atoms with Gasteiger partial charge in [0.2, 0.25) is 10.0 Å². The molecule has 0 amide bonds. The average Bonchev–Trinajstić information content (AvgIpc) is 2.34. The number of sulfonamides is 1. The summed E-state index contributed by atoms with van der Waals surface area (Å²) in [5.41, 5.74) is 0. The molecule has 0 aliphatic heterocycles. The Bertz CT molecular complexity index is 615. The zero-order valence-electron chi connectivity index (χ0n) is 10.1. The van der Waals surface area contributed by atoms with Gasteiger partial charge < -0.3 is 10.2 Å². The quantitative estimate of drug-likeness (QED) is 0.671. The van der Waals surface area contributed by atoms with Gasteiger partial charge in [-0.15, -0.1) is 0 Å². The summed E-state index contributed by atoms with van der Waals surface area (Å²) < 4.78 is 38.9. The lowest BCUT2D eigenvalue weighted by molar-refractivity contribution is -0.140. The third kappa shape index (κ3) is 4.28. The van der Waals surface area contributed by atoms with E-state index in [0.717, 1.165) is 12.1 Å². The molecule has 0 fully saturated rings. The Balaban J connectivity index is 2.95. The number of hydrogen-bond acceptors (Lipinski definition) is 4. The molecule has 0 aliphatic rings. The number of carboxylic acids is 2. The van der Waals surface area contributed by atoms with Crippen LogP contribution in [0, 0.1) is 5.82 Å². The molecule has 1 unspecified atom stereocenters. The second kappa shape index (κ2) is 6.44. The molecular formula is C11H12FNO6S. The smallest absolute Gasteiger partial charge is 0.321 e. The van der Waals surface area contributed by atoms with E-state index in [9.17, 15) is 22.4 Å². The summed E-state index contributed by atoms with van der Waals surface area (Å²) in [7, 11) is -4.38. The van der Waals surface area contributed by atoms with E-state index in [4.69, 9.17) is 10.2 Å². The van der Waals surface area contributed by atoms with Crippen LogP contribution in [-0.4, -0.2) is 36.6 Å². The summed E-state index contributed by atoms with van der Waals surface area (Å²) in [5.74, 6) is -3.82. The first-order chi connectivity index (χ1) is 9.24. The van der Waals surface area contributed by atoms with Crippen molar-refractivity contribution in [3.8, 4) is 0 Å². The van der Waals surface area contributed by atoms with Gasteiger partial charge in [0.05, 0.1) is 0 Å². The van der Waals surface area contributed by atoms with E-state index in [2.05, 4.69) is 0 Å². The highest BCUT2D eigenvalue weighted by atomic mass is 32.2. The molecule has 1 atom stereocenters. The molecule has 9 heteroatoms. The fourth-order valence-corrected chi connectivity index (χ4v) is 2.72. The van der Waals surface area contributed by atoms with Crippen molar-refractivity contribution in [3.63, 3.8) is 0 Å². The molecule has 1 aromatic carbocycles. The Morgan fingerprint density at radius 3 is 2.35 bits per heavy atom. The number of aliphatic carboxylic acids is 2. The summed E-state index contributed by atoms with van der Waals surface area (Å²) in [6.07, 6.45) is -0.977. The van der Waals surface area contributed by atoms with Gasteiger partial charge in [-0.1, -0.05) is 12.1 Å². The van der Waals surface area contributed by atoms with Crippen molar-refractivity contribution in [2.45, 2.75) is 23.8 Å². The molecule has 7 nitrogen and oxygen atoms in total. The van der Waals surface area contributed by atoms with Crippen LogP contribution in [0.2, 0.25) is 0 Å². The minimum Gasteiger partial charge on any atom is -0.481 e. The molecule has 1 rings (SSSR count). The minimum absolute atomic E-state index is 0.446. The normalized spacial score (nSPS) is 12.8. The fraction of sp³-hybridized carbons (Fsp3) is 0.273. The lowest BCUT2D eigenvalue weighted by Crippen LogP contribution is -2.41. The van der Waals surface area contributed by atoms with Gasteiger partial charge in [0.1, 0.15) is 16.8 Å². The van der Waals surface area contributed by atoms with Crippen molar-refractivity contribution < 1.29 is 32.6 Å². The third-order valence-corrected chi connectivity index (χ3v) is 3.87. The Morgan fingerprint density at radius 1 is 1.25 bits per heavy atom. The van der Waals surface area contributed by atoms with Crippen LogP contribution in [0.3, 0.4) is 0 Å². The fourth-order valence-electron chi connectivity index (χ4n) is 1.41. The lowest BCUT2D eigenvalue weighted by atomic mass is 10.2. The Labute approximate surface area is 114 Å². The zero-order chi connectivity index (χ0) is 15.3. The summed E-state index contributed by atoms with van der Waals surface area (Å²) in [6, 6.07) is 2.82. The molecule has 1 aromatic rings. The molecule has 0 bridgehead atoms. The number of rotatable bonds is 7. The average molecular weight is 305 g/mol. The van der Waals surface area contributed by atoms with Crippen LogP contribution in [0.15, 0.2) is 29.2 Å². The second-order valence-electron chi connectivity index (χ2n) is 3.87. The maximum absolute atomic E-state index is 13.4. The van der Waals surface area contributed by atoms with Crippen LogP contribution < -0.4 is 4.72 Å².